The maximum absolute atomic E-state index is 12.8. The van der Waals surface area contributed by atoms with Gasteiger partial charge in [-0.25, -0.2) is 9.67 Å². The number of benzene rings is 2. The number of aromatic nitrogens is 3. The highest BCUT2D eigenvalue weighted by molar-refractivity contribution is 6.13. The largest absolute Gasteiger partial charge is 0.416 e. The third kappa shape index (κ3) is 4.34. The van der Waals surface area contributed by atoms with Gasteiger partial charge in [-0.15, -0.1) is 0 Å². The van der Waals surface area contributed by atoms with Crippen molar-refractivity contribution in [3.05, 3.63) is 66.6 Å². The van der Waals surface area contributed by atoms with Gasteiger partial charge in [0.2, 0.25) is 5.91 Å². The molecule has 0 spiro atoms. The smallest absolute Gasteiger partial charge is 0.359 e. The molecule has 0 radical (unpaired) electrons. The van der Waals surface area contributed by atoms with E-state index >= 15 is 0 Å². The van der Waals surface area contributed by atoms with Crippen LogP contribution in [0, 0.1) is 0 Å². The number of halogens is 3. The second-order valence-electron chi connectivity index (χ2n) is 7.99. The molecule has 10 heteroatoms. The summed E-state index contributed by atoms with van der Waals surface area (Å²) >= 11 is 0. The van der Waals surface area contributed by atoms with Crippen LogP contribution in [0.3, 0.4) is 0 Å². The number of rotatable bonds is 5. The third-order valence-corrected chi connectivity index (χ3v) is 5.46. The van der Waals surface area contributed by atoms with Crippen molar-refractivity contribution in [2.24, 2.45) is 9.98 Å². The molecule has 5 rings (SSSR count). The van der Waals surface area contributed by atoms with E-state index < -0.39 is 11.7 Å². The summed E-state index contributed by atoms with van der Waals surface area (Å²) in [5.74, 6) is 0.310. The summed E-state index contributed by atoms with van der Waals surface area (Å²) < 4.78 is 40.0. The molecule has 172 valence electrons. The lowest BCUT2D eigenvalue weighted by molar-refractivity contribution is -0.137. The minimum Gasteiger partial charge on any atom is -0.359 e. The average Bonchev–Trinajstić information content (AvgIpc) is 3.54. The Bertz CT molecular complexity index is 1440. The van der Waals surface area contributed by atoms with Crippen LogP contribution in [-0.4, -0.2) is 38.8 Å². The first-order valence-electron chi connectivity index (χ1n) is 10.5. The van der Waals surface area contributed by atoms with Crippen molar-refractivity contribution in [1.82, 2.24) is 14.8 Å². The lowest BCUT2D eigenvalue weighted by atomic mass is 10.1. The number of carbonyl (C=O) groups excluding carboxylic acids is 1. The van der Waals surface area contributed by atoms with E-state index in [0.717, 1.165) is 39.9 Å². The van der Waals surface area contributed by atoms with Gasteiger partial charge in [0.25, 0.3) is 0 Å². The van der Waals surface area contributed by atoms with Gasteiger partial charge in [-0.3, -0.25) is 9.79 Å². The number of amidine groups is 1. The van der Waals surface area contributed by atoms with E-state index in [1.807, 2.05) is 25.1 Å². The number of amides is 1. The van der Waals surface area contributed by atoms with E-state index in [-0.39, 0.29) is 12.3 Å². The Morgan fingerprint density at radius 2 is 1.94 bits per heavy atom. The number of hydrogen-bond acceptors (Lipinski definition) is 4. The highest BCUT2D eigenvalue weighted by Gasteiger charge is 2.30. The second-order valence-corrected chi connectivity index (χ2v) is 7.99. The number of nitrogens with zero attached hydrogens (tertiary/aromatic N) is 4. The molecule has 2 aromatic carbocycles. The number of anilines is 1. The number of alkyl halides is 3. The molecule has 1 aliphatic heterocycles. The van der Waals surface area contributed by atoms with Gasteiger partial charge in [0, 0.05) is 34.6 Å². The molecule has 34 heavy (non-hydrogen) atoms. The van der Waals surface area contributed by atoms with Crippen LogP contribution < -0.4 is 5.32 Å². The van der Waals surface area contributed by atoms with Gasteiger partial charge in [0.05, 0.1) is 36.1 Å². The highest BCUT2D eigenvalue weighted by Crippen LogP contribution is 2.31. The van der Waals surface area contributed by atoms with Crippen molar-refractivity contribution in [1.29, 1.82) is 0 Å². The molecule has 0 fully saturated rings. The van der Waals surface area contributed by atoms with Gasteiger partial charge in [0.15, 0.2) is 0 Å². The van der Waals surface area contributed by atoms with Crippen molar-refractivity contribution >= 4 is 34.0 Å². The van der Waals surface area contributed by atoms with Gasteiger partial charge in [-0.2, -0.15) is 18.3 Å². The lowest BCUT2D eigenvalue weighted by Crippen LogP contribution is -2.14. The Balaban J connectivity index is 1.37. The first-order valence-corrected chi connectivity index (χ1v) is 10.5. The Kier molecular flexibility index (Phi) is 5.27. The van der Waals surface area contributed by atoms with E-state index in [0.29, 0.717) is 23.8 Å². The fraction of sp³-hybridized carbons (Fsp3) is 0.167. The number of aliphatic imine (C=N–C) groups is 2. The van der Waals surface area contributed by atoms with Crippen LogP contribution in [0.2, 0.25) is 0 Å². The zero-order valence-corrected chi connectivity index (χ0v) is 18.0. The number of aromatic amines is 1. The van der Waals surface area contributed by atoms with Crippen LogP contribution in [-0.2, 0) is 11.0 Å². The third-order valence-electron chi connectivity index (χ3n) is 5.46. The molecule has 0 saturated carbocycles. The first kappa shape index (κ1) is 21.6. The zero-order chi connectivity index (χ0) is 23.9. The van der Waals surface area contributed by atoms with Crippen molar-refractivity contribution in [2.75, 3.05) is 11.9 Å². The molecule has 0 aliphatic carbocycles. The van der Waals surface area contributed by atoms with Crippen molar-refractivity contribution in [3.8, 4) is 16.8 Å². The summed E-state index contributed by atoms with van der Waals surface area (Å²) in [6, 6.07) is 10.5. The molecule has 0 bridgehead atoms. The van der Waals surface area contributed by atoms with E-state index in [9.17, 15) is 18.0 Å². The monoisotopic (exact) mass is 464 g/mol. The predicted octanol–water partition coefficient (Wildman–Crippen LogP) is 5.24. The van der Waals surface area contributed by atoms with Crippen molar-refractivity contribution < 1.29 is 18.0 Å². The van der Waals surface area contributed by atoms with Crippen molar-refractivity contribution in [2.45, 2.75) is 19.5 Å². The van der Waals surface area contributed by atoms with Gasteiger partial charge in [-0.05, 0) is 48.9 Å². The molecule has 0 unspecified atom stereocenters. The minimum absolute atomic E-state index is 0.101. The standard InChI is InChI=1S/C24H19F3N6O/c1-14-10-29-22(31-14)9-23(34)32-21-12-28-20-7-2-15(8-19(20)21)16-11-30-33(13-16)18-5-3-17(4-6-18)24(25,26)27/h2-8,11-13,28H,9-10H2,1H3,(H,32,34). The van der Waals surface area contributed by atoms with E-state index in [2.05, 4.69) is 25.4 Å². The van der Waals surface area contributed by atoms with Crippen LogP contribution >= 0.6 is 0 Å². The Labute approximate surface area is 192 Å². The number of fused-ring (bicyclic) bond motifs is 1. The molecule has 3 heterocycles. The van der Waals surface area contributed by atoms with Crippen LogP contribution in [0.5, 0.6) is 0 Å². The average molecular weight is 464 g/mol. The molecule has 4 aromatic rings. The molecule has 2 N–H and O–H groups in total. The van der Waals surface area contributed by atoms with E-state index in [1.165, 1.54) is 16.8 Å². The van der Waals surface area contributed by atoms with Crippen LogP contribution in [0.25, 0.3) is 27.7 Å². The zero-order valence-electron chi connectivity index (χ0n) is 18.0. The Morgan fingerprint density at radius 3 is 2.65 bits per heavy atom. The summed E-state index contributed by atoms with van der Waals surface area (Å²) in [6.45, 7) is 2.40. The second kappa shape index (κ2) is 8.29. The van der Waals surface area contributed by atoms with Crippen LogP contribution in [0.1, 0.15) is 18.9 Å². The van der Waals surface area contributed by atoms with Crippen molar-refractivity contribution in [3.63, 3.8) is 0 Å². The predicted molar refractivity (Wildman–Crippen MR) is 125 cm³/mol. The van der Waals surface area contributed by atoms with Crippen LogP contribution in [0.4, 0.5) is 18.9 Å². The number of carbonyl (C=O) groups is 1. The normalized spacial score (nSPS) is 13.8. The first-order chi connectivity index (χ1) is 16.3. The van der Waals surface area contributed by atoms with E-state index in [1.54, 1.807) is 18.6 Å². The minimum atomic E-state index is -4.39. The highest BCUT2D eigenvalue weighted by atomic mass is 19.4. The van der Waals surface area contributed by atoms with Gasteiger partial charge >= 0.3 is 6.18 Å². The number of H-pyrrole nitrogens is 1. The Hall–Kier alpha value is -4.21. The molecule has 0 atom stereocenters. The molecule has 1 aliphatic rings. The van der Waals surface area contributed by atoms with Gasteiger partial charge in [0.1, 0.15) is 5.84 Å². The number of nitrogens with one attached hydrogen (secondary N) is 2. The molecule has 7 nitrogen and oxygen atoms in total. The maximum atomic E-state index is 12.8. The van der Waals surface area contributed by atoms with Crippen LogP contribution in [0.15, 0.2) is 71.0 Å². The summed E-state index contributed by atoms with van der Waals surface area (Å²) in [7, 11) is 0. The summed E-state index contributed by atoms with van der Waals surface area (Å²) in [6.07, 6.45) is 0.825. The fourth-order valence-electron chi connectivity index (χ4n) is 3.75. The molecular formula is C24H19F3N6O. The van der Waals surface area contributed by atoms with E-state index in [4.69, 9.17) is 0 Å². The van der Waals surface area contributed by atoms with Gasteiger partial charge < -0.3 is 10.3 Å². The molecule has 1 amide bonds. The molecule has 0 saturated heterocycles. The molecular weight excluding hydrogens is 445 g/mol. The molecule has 2 aromatic heterocycles. The quantitative estimate of drug-likeness (QED) is 0.423. The lowest BCUT2D eigenvalue weighted by Gasteiger charge is -2.07. The topological polar surface area (TPSA) is 87.4 Å². The van der Waals surface area contributed by atoms with Gasteiger partial charge in [-0.1, -0.05) is 6.07 Å². The number of hydrogen-bond donors (Lipinski definition) is 2. The maximum Gasteiger partial charge on any atom is 0.416 e. The Morgan fingerprint density at radius 1 is 1.15 bits per heavy atom. The summed E-state index contributed by atoms with van der Waals surface area (Å²) in [5, 5.41) is 8.01. The fourth-order valence-corrected chi connectivity index (χ4v) is 3.75. The summed E-state index contributed by atoms with van der Waals surface area (Å²) in [4.78, 5) is 24.1. The SMILES string of the molecule is CC1=NC(CC(=O)Nc2c[nH]c3ccc(-c4cnn(-c5ccc(C(F)(F)F)cc5)c4)cc23)=NC1. The summed E-state index contributed by atoms with van der Waals surface area (Å²) in [5.41, 5.74) is 3.81.